The minimum atomic E-state index is -0.778. The van der Waals surface area contributed by atoms with Crippen LogP contribution in [-0.4, -0.2) is 18.2 Å². The largest absolute Gasteiger partial charge is 0.497 e. The molecule has 94 valence electrons. The second-order valence-corrected chi connectivity index (χ2v) is 4.32. The lowest BCUT2D eigenvalue weighted by atomic mass is 9.94. The average molecular weight is 237 g/mol. The first kappa shape index (κ1) is 13.5. The highest BCUT2D eigenvalue weighted by molar-refractivity contribution is 5.66. The van der Waals surface area contributed by atoms with E-state index in [0.717, 1.165) is 11.3 Å². The quantitative estimate of drug-likeness (QED) is 0.795. The second kappa shape index (κ2) is 6.25. The number of nitrogens with two attached hydrogens (primary N) is 1. The zero-order valence-electron chi connectivity index (χ0n) is 10.2. The summed E-state index contributed by atoms with van der Waals surface area (Å²) in [6.07, 6.45) is 0.822. The summed E-state index contributed by atoms with van der Waals surface area (Å²) in [7, 11) is 1.61. The molecule has 0 aliphatic carbocycles. The summed E-state index contributed by atoms with van der Waals surface area (Å²) in [4.78, 5) is 10.6. The standard InChI is InChI=1S/C13H19NO3/c1-9(8-13(15)16)7-12(14)10-3-5-11(17-2)6-4-10/h3-6,9,12H,7-8,14H2,1-2H3,(H,15,16). The molecule has 0 heterocycles. The van der Waals surface area contributed by atoms with E-state index in [-0.39, 0.29) is 18.4 Å². The number of hydrogen-bond donors (Lipinski definition) is 2. The summed E-state index contributed by atoms with van der Waals surface area (Å²) >= 11 is 0. The summed E-state index contributed by atoms with van der Waals surface area (Å²) < 4.78 is 5.06. The van der Waals surface area contributed by atoms with Gasteiger partial charge < -0.3 is 15.6 Å². The van der Waals surface area contributed by atoms with Gasteiger partial charge in [-0.1, -0.05) is 19.1 Å². The second-order valence-electron chi connectivity index (χ2n) is 4.32. The average Bonchev–Trinajstić information content (AvgIpc) is 2.28. The lowest BCUT2D eigenvalue weighted by Gasteiger charge is -2.16. The van der Waals surface area contributed by atoms with Crippen molar-refractivity contribution in [2.75, 3.05) is 7.11 Å². The summed E-state index contributed by atoms with van der Waals surface area (Å²) in [6.45, 7) is 1.90. The molecule has 4 heteroatoms. The fourth-order valence-corrected chi connectivity index (χ4v) is 1.80. The predicted molar refractivity (Wildman–Crippen MR) is 66.0 cm³/mol. The number of aliphatic carboxylic acids is 1. The van der Waals surface area contributed by atoms with Crippen LogP contribution >= 0.6 is 0 Å². The molecule has 0 spiro atoms. The third-order valence-corrected chi connectivity index (χ3v) is 2.72. The van der Waals surface area contributed by atoms with Crippen molar-refractivity contribution in [1.29, 1.82) is 0 Å². The molecule has 1 rings (SSSR count). The number of carboxylic acid groups (broad SMARTS) is 1. The number of hydrogen-bond acceptors (Lipinski definition) is 3. The molecule has 0 saturated heterocycles. The van der Waals surface area contributed by atoms with Crippen molar-refractivity contribution in [3.63, 3.8) is 0 Å². The Bertz CT molecular complexity index is 361. The first-order chi connectivity index (χ1) is 8.02. The molecule has 0 fully saturated rings. The summed E-state index contributed by atoms with van der Waals surface area (Å²) in [5.74, 6) is 0.0866. The molecule has 0 aliphatic heterocycles. The Morgan fingerprint density at radius 3 is 2.47 bits per heavy atom. The molecule has 0 bridgehead atoms. The first-order valence-electron chi connectivity index (χ1n) is 5.64. The Balaban J connectivity index is 2.56. The van der Waals surface area contributed by atoms with Crippen molar-refractivity contribution >= 4 is 5.97 Å². The third kappa shape index (κ3) is 4.44. The molecule has 2 atom stereocenters. The molecule has 0 saturated carbocycles. The van der Waals surface area contributed by atoms with Crippen LogP contribution < -0.4 is 10.5 Å². The van der Waals surface area contributed by atoms with Crippen molar-refractivity contribution in [1.82, 2.24) is 0 Å². The number of rotatable bonds is 6. The Kier molecular flexibility index (Phi) is 4.97. The number of carboxylic acids is 1. The van der Waals surface area contributed by atoms with Gasteiger partial charge in [0.2, 0.25) is 0 Å². The van der Waals surface area contributed by atoms with Crippen LogP contribution in [0, 0.1) is 5.92 Å². The molecular formula is C13H19NO3. The smallest absolute Gasteiger partial charge is 0.303 e. The minimum absolute atomic E-state index is 0.0737. The summed E-state index contributed by atoms with van der Waals surface area (Å²) in [5.41, 5.74) is 7.03. The monoisotopic (exact) mass is 237 g/mol. The first-order valence-corrected chi connectivity index (χ1v) is 5.64. The van der Waals surface area contributed by atoms with Crippen LogP contribution in [0.2, 0.25) is 0 Å². The Hall–Kier alpha value is -1.55. The lowest BCUT2D eigenvalue weighted by molar-refractivity contribution is -0.138. The zero-order valence-corrected chi connectivity index (χ0v) is 10.2. The van der Waals surface area contributed by atoms with Crippen LogP contribution in [0.1, 0.15) is 31.4 Å². The Morgan fingerprint density at radius 2 is 2.00 bits per heavy atom. The maximum absolute atomic E-state index is 10.6. The number of methoxy groups -OCH3 is 1. The van der Waals surface area contributed by atoms with E-state index in [1.165, 1.54) is 0 Å². The summed E-state index contributed by atoms with van der Waals surface area (Å²) in [5, 5.41) is 8.68. The number of benzene rings is 1. The Labute approximate surface area is 101 Å². The fourth-order valence-electron chi connectivity index (χ4n) is 1.80. The molecule has 0 aromatic heterocycles. The molecule has 0 aliphatic rings. The van der Waals surface area contributed by atoms with E-state index in [1.54, 1.807) is 7.11 Å². The van der Waals surface area contributed by atoms with Crippen LogP contribution in [0.5, 0.6) is 5.75 Å². The van der Waals surface area contributed by atoms with Crippen molar-refractivity contribution in [3.05, 3.63) is 29.8 Å². The number of carbonyl (C=O) groups is 1. The maximum atomic E-state index is 10.6. The highest BCUT2D eigenvalue weighted by Gasteiger charge is 2.13. The minimum Gasteiger partial charge on any atom is -0.497 e. The highest BCUT2D eigenvalue weighted by Crippen LogP contribution is 2.22. The van der Waals surface area contributed by atoms with E-state index in [4.69, 9.17) is 15.6 Å². The van der Waals surface area contributed by atoms with Gasteiger partial charge in [-0.25, -0.2) is 0 Å². The lowest BCUT2D eigenvalue weighted by Crippen LogP contribution is -2.16. The van der Waals surface area contributed by atoms with E-state index < -0.39 is 5.97 Å². The normalized spacial score (nSPS) is 14.1. The molecule has 4 nitrogen and oxygen atoms in total. The molecular weight excluding hydrogens is 218 g/mol. The van der Waals surface area contributed by atoms with E-state index >= 15 is 0 Å². The van der Waals surface area contributed by atoms with Gasteiger partial charge in [0.1, 0.15) is 5.75 Å². The van der Waals surface area contributed by atoms with Crippen LogP contribution in [0.3, 0.4) is 0 Å². The SMILES string of the molecule is COc1ccc(C(N)CC(C)CC(=O)O)cc1. The van der Waals surface area contributed by atoms with Crippen molar-refractivity contribution in [2.45, 2.75) is 25.8 Å². The van der Waals surface area contributed by atoms with Crippen molar-refractivity contribution in [2.24, 2.45) is 11.7 Å². The van der Waals surface area contributed by atoms with Gasteiger partial charge in [-0.15, -0.1) is 0 Å². The van der Waals surface area contributed by atoms with E-state index in [1.807, 2.05) is 31.2 Å². The van der Waals surface area contributed by atoms with E-state index in [9.17, 15) is 4.79 Å². The molecule has 1 aromatic rings. The van der Waals surface area contributed by atoms with Gasteiger partial charge in [-0.2, -0.15) is 0 Å². The van der Waals surface area contributed by atoms with Gasteiger partial charge >= 0.3 is 5.97 Å². The maximum Gasteiger partial charge on any atom is 0.303 e. The van der Waals surface area contributed by atoms with Crippen molar-refractivity contribution < 1.29 is 14.6 Å². The zero-order chi connectivity index (χ0) is 12.8. The van der Waals surface area contributed by atoms with Crippen LogP contribution in [-0.2, 0) is 4.79 Å². The molecule has 0 amide bonds. The van der Waals surface area contributed by atoms with Crippen LogP contribution in [0.15, 0.2) is 24.3 Å². The fraction of sp³-hybridized carbons (Fsp3) is 0.462. The molecule has 3 N–H and O–H groups in total. The van der Waals surface area contributed by atoms with E-state index in [0.29, 0.717) is 6.42 Å². The van der Waals surface area contributed by atoms with Gasteiger partial charge in [0, 0.05) is 12.5 Å². The van der Waals surface area contributed by atoms with Gasteiger partial charge in [-0.05, 0) is 30.0 Å². The van der Waals surface area contributed by atoms with E-state index in [2.05, 4.69) is 0 Å². The van der Waals surface area contributed by atoms with Crippen LogP contribution in [0.4, 0.5) is 0 Å². The Morgan fingerprint density at radius 1 is 1.41 bits per heavy atom. The molecule has 1 aromatic carbocycles. The highest BCUT2D eigenvalue weighted by atomic mass is 16.5. The molecule has 17 heavy (non-hydrogen) atoms. The topological polar surface area (TPSA) is 72.5 Å². The van der Waals surface area contributed by atoms with Gasteiger partial charge in [0.05, 0.1) is 7.11 Å². The molecule has 0 radical (unpaired) electrons. The predicted octanol–water partition coefficient (Wildman–Crippen LogP) is 2.20. The third-order valence-electron chi connectivity index (χ3n) is 2.72. The van der Waals surface area contributed by atoms with Gasteiger partial charge in [0.15, 0.2) is 0 Å². The number of ether oxygens (including phenoxy) is 1. The summed E-state index contributed by atoms with van der Waals surface area (Å²) in [6, 6.07) is 7.41. The van der Waals surface area contributed by atoms with Crippen molar-refractivity contribution in [3.8, 4) is 5.75 Å². The van der Waals surface area contributed by atoms with Crippen LogP contribution in [0.25, 0.3) is 0 Å². The van der Waals surface area contributed by atoms with Gasteiger partial charge in [0.25, 0.3) is 0 Å². The molecule has 2 unspecified atom stereocenters. The van der Waals surface area contributed by atoms with Gasteiger partial charge in [-0.3, -0.25) is 4.79 Å².